The first-order chi connectivity index (χ1) is 13.8. The number of nitrogens with one attached hydrogen (secondary N) is 2. The van der Waals surface area contributed by atoms with Crippen molar-refractivity contribution in [3.8, 4) is 0 Å². The van der Waals surface area contributed by atoms with Crippen molar-refractivity contribution in [1.82, 2.24) is 20.2 Å². The van der Waals surface area contributed by atoms with E-state index in [1.165, 1.54) is 22.4 Å². The highest BCUT2D eigenvalue weighted by molar-refractivity contribution is 7.14. The molecule has 2 N–H and O–H groups in total. The summed E-state index contributed by atoms with van der Waals surface area (Å²) >= 11 is 1.64. The van der Waals surface area contributed by atoms with Gasteiger partial charge in [0.05, 0.1) is 11.4 Å². The first kappa shape index (κ1) is 17.6. The lowest BCUT2D eigenvalue weighted by Crippen LogP contribution is -2.34. The Bertz CT molecular complexity index is 940. The van der Waals surface area contributed by atoms with Crippen molar-refractivity contribution in [2.75, 3.05) is 6.54 Å². The minimum atomic E-state index is 0.0598. The van der Waals surface area contributed by atoms with Gasteiger partial charge in [0.1, 0.15) is 5.82 Å². The molecule has 5 rings (SSSR count). The molecule has 6 heteroatoms. The summed E-state index contributed by atoms with van der Waals surface area (Å²) in [5.74, 6) is 1.06. The molecule has 2 aromatic heterocycles. The normalized spacial score (nSPS) is 19.8. The first-order valence-electron chi connectivity index (χ1n) is 9.96. The first-order valence-corrected chi connectivity index (χ1v) is 10.8. The molecule has 1 aromatic carbocycles. The standard InChI is InChI=1S/C22H24N4OS/c27-22(25-17-12-15-4-1-2-5-16(15)13-17)20-8-7-19(28-20)18-6-3-11-26(18)14-21-23-9-10-24-21/h1-2,4-5,7-10,17-18H,3,6,11-14H2,(H,23,24)(H,25,27)/t18-/m0/s1. The van der Waals surface area contributed by atoms with Crippen molar-refractivity contribution in [3.05, 3.63) is 75.5 Å². The van der Waals surface area contributed by atoms with Crippen LogP contribution < -0.4 is 5.32 Å². The molecule has 0 bridgehead atoms. The van der Waals surface area contributed by atoms with Crippen LogP contribution in [0.4, 0.5) is 0 Å². The van der Waals surface area contributed by atoms with Gasteiger partial charge in [0.2, 0.25) is 0 Å². The summed E-state index contributed by atoms with van der Waals surface area (Å²) in [5, 5.41) is 3.24. The van der Waals surface area contributed by atoms with Gasteiger partial charge in [0.25, 0.3) is 5.91 Å². The molecule has 144 valence electrons. The van der Waals surface area contributed by atoms with Gasteiger partial charge in [-0.2, -0.15) is 0 Å². The van der Waals surface area contributed by atoms with E-state index in [0.29, 0.717) is 6.04 Å². The fourth-order valence-corrected chi connectivity index (χ4v) is 5.57. The van der Waals surface area contributed by atoms with Crippen LogP contribution in [0.1, 0.15) is 50.4 Å². The van der Waals surface area contributed by atoms with E-state index >= 15 is 0 Å². The predicted octanol–water partition coefficient (Wildman–Crippen LogP) is 3.71. The average molecular weight is 393 g/mol. The Kier molecular flexibility index (Phi) is 4.74. The van der Waals surface area contributed by atoms with Crippen LogP contribution in [-0.4, -0.2) is 33.4 Å². The Hall–Kier alpha value is -2.44. The Morgan fingerprint density at radius 2 is 2.04 bits per heavy atom. The molecule has 1 aliphatic heterocycles. The highest BCUT2D eigenvalue weighted by Crippen LogP contribution is 2.36. The van der Waals surface area contributed by atoms with Crippen molar-refractivity contribution in [2.24, 2.45) is 0 Å². The zero-order valence-corrected chi connectivity index (χ0v) is 16.5. The summed E-state index contributed by atoms with van der Waals surface area (Å²) in [5.41, 5.74) is 2.72. The second kappa shape index (κ2) is 7.53. The number of carbonyl (C=O) groups excluding carboxylic acids is 1. The highest BCUT2D eigenvalue weighted by atomic mass is 32.1. The molecule has 0 radical (unpaired) electrons. The SMILES string of the molecule is O=C(NC1Cc2ccccc2C1)c1ccc([C@@H]2CCCN2Cc2ncc[nH]2)s1. The van der Waals surface area contributed by atoms with Gasteiger partial charge in [-0.15, -0.1) is 11.3 Å². The average Bonchev–Trinajstić information content (AvgIpc) is 3.48. The molecule has 1 amide bonds. The van der Waals surface area contributed by atoms with Gasteiger partial charge in [-0.25, -0.2) is 4.98 Å². The summed E-state index contributed by atoms with van der Waals surface area (Å²) in [7, 11) is 0. The highest BCUT2D eigenvalue weighted by Gasteiger charge is 2.29. The van der Waals surface area contributed by atoms with E-state index in [-0.39, 0.29) is 11.9 Å². The summed E-state index contributed by atoms with van der Waals surface area (Å²) in [6.07, 6.45) is 7.86. The van der Waals surface area contributed by atoms with Crippen LogP contribution in [0.25, 0.3) is 0 Å². The lowest BCUT2D eigenvalue weighted by atomic mass is 10.1. The van der Waals surface area contributed by atoms with Gasteiger partial charge >= 0.3 is 0 Å². The number of aromatic amines is 1. The Morgan fingerprint density at radius 3 is 2.79 bits per heavy atom. The molecule has 3 aromatic rings. The maximum atomic E-state index is 12.8. The van der Waals surface area contributed by atoms with Crippen LogP contribution in [0.2, 0.25) is 0 Å². The molecular weight excluding hydrogens is 368 g/mol. The molecule has 28 heavy (non-hydrogen) atoms. The number of hydrogen-bond donors (Lipinski definition) is 2. The molecule has 0 saturated carbocycles. The minimum Gasteiger partial charge on any atom is -0.348 e. The van der Waals surface area contributed by atoms with Gasteiger partial charge in [-0.3, -0.25) is 9.69 Å². The van der Waals surface area contributed by atoms with Gasteiger partial charge < -0.3 is 10.3 Å². The second-order valence-corrected chi connectivity index (χ2v) is 8.83. The summed E-state index contributed by atoms with van der Waals surface area (Å²) in [6.45, 7) is 1.91. The van der Waals surface area contributed by atoms with Crippen LogP contribution in [0, 0.1) is 0 Å². The summed E-state index contributed by atoms with van der Waals surface area (Å²) in [4.78, 5) is 24.9. The number of hydrogen-bond acceptors (Lipinski definition) is 4. The zero-order chi connectivity index (χ0) is 18.9. The van der Waals surface area contributed by atoms with Gasteiger partial charge in [0.15, 0.2) is 0 Å². The van der Waals surface area contributed by atoms with Gasteiger partial charge in [-0.05, 0) is 55.5 Å². The molecule has 1 atom stereocenters. The van der Waals surface area contributed by atoms with E-state index < -0.39 is 0 Å². The largest absolute Gasteiger partial charge is 0.348 e. The third-order valence-corrected chi connectivity index (χ3v) is 7.02. The topological polar surface area (TPSA) is 61.0 Å². The number of likely N-dealkylation sites (tertiary alicyclic amines) is 1. The number of H-pyrrole nitrogens is 1. The Morgan fingerprint density at radius 1 is 1.21 bits per heavy atom. The number of thiophene rings is 1. The van der Waals surface area contributed by atoms with E-state index in [1.54, 1.807) is 17.5 Å². The van der Waals surface area contributed by atoms with E-state index in [9.17, 15) is 4.79 Å². The molecule has 0 unspecified atom stereocenters. The predicted molar refractivity (Wildman–Crippen MR) is 110 cm³/mol. The third kappa shape index (κ3) is 3.50. The van der Waals surface area contributed by atoms with Crippen LogP contribution in [-0.2, 0) is 19.4 Å². The molecule has 2 aliphatic rings. The van der Waals surface area contributed by atoms with Crippen LogP contribution >= 0.6 is 11.3 Å². The van der Waals surface area contributed by atoms with Crippen molar-refractivity contribution in [2.45, 2.75) is 44.3 Å². The molecular formula is C22H24N4OS. The van der Waals surface area contributed by atoms with E-state index in [2.05, 4.69) is 50.5 Å². The van der Waals surface area contributed by atoms with E-state index in [1.807, 2.05) is 12.3 Å². The number of rotatable bonds is 5. The number of aromatic nitrogens is 2. The van der Waals surface area contributed by atoms with Gasteiger partial charge in [0, 0.05) is 29.4 Å². The monoisotopic (exact) mass is 392 g/mol. The van der Waals surface area contributed by atoms with Crippen molar-refractivity contribution < 1.29 is 4.79 Å². The van der Waals surface area contributed by atoms with Crippen LogP contribution in [0.15, 0.2) is 48.8 Å². The molecule has 3 heterocycles. The van der Waals surface area contributed by atoms with Crippen LogP contribution in [0.5, 0.6) is 0 Å². The molecule has 1 fully saturated rings. The lowest BCUT2D eigenvalue weighted by molar-refractivity contribution is 0.0942. The number of carbonyl (C=O) groups is 1. The quantitative estimate of drug-likeness (QED) is 0.696. The van der Waals surface area contributed by atoms with E-state index in [4.69, 9.17) is 0 Å². The molecule has 1 aliphatic carbocycles. The third-order valence-electron chi connectivity index (χ3n) is 5.84. The Labute approximate surface area is 168 Å². The van der Waals surface area contributed by atoms with Crippen molar-refractivity contribution >= 4 is 17.2 Å². The minimum absolute atomic E-state index is 0.0598. The maximum Gasteiger partial charge on any atom is 0.261 e. The fraction of sp³-hybridized carbons (Fsp3) is 0.364. The van der Waals surface area contributed by atoms with Gasteiger partial charge in [-0.1, -0.05) is 24.3 Å². The zero-order valence-electron chi connectivity index (χ0n) is 15.7. The molecule has 5 nitrogen and oxygen atoms in total. The molecule has 0 spiro atoms. The number of nitrogens with zero attached hydrogens (tertiary/aromatic N) is 2. The lowest BCUT2D eigenvalue weighted by Gasteiger charge is -2.22. The Balaban J connectivity index is 1.24. The number of benzene rings is 1. The number of amides is 1. The smallest absolute Gasteiger partial charge is 0.261 e. The maximum absolute atomic E-state index is 12.8. The summed E-state index contributed by atoms with van der Waals surface area (Å²) in [6, 6.07) is 13.2. The second-order valence-electron chi connectivity index (χ2n) is 7.71. The van der Waals surface area contributed by atoms with Crippen molar-refractivity contribution in [3.63, 3.8) is 0 Å². The van der Waals surface area contributed by atoms with Crippen LogP contribution in [0.3, 0.4) is 0 Å². The number of fused-ring (bicyclic) bond motifs is 1. The van der Waals surface area contributed by atoms with E-state index in [0.717, 1.165) is 43.1 Å². The fourth-order valence-electron chi connectivity index (χ4n) is 4.49. The van der Waals surface area contributed by atoms with Crippen molar-refractivity contribution in [1.29, 1.82) is 0 Å². The number of imidazole rings is 1. The molecule has 1 saturated heterocycles. The summed E-state index contributed by atoms with van der Waals surface area (Å²) < 4.78 is 0.